The molecule has 2 N–H and O–H groups in total. The van der Waals surface area contributed by atoms with E-state index in [0.29, 0.717) is 31.6 Å². The van der Waals surface area contributed by atoms with Gasteiger partial charge in [-0.2, -0.15) is 0 Å². The fourth-order valence-electron chi connectivity index (χ4n) is 4.84. The summed E-state index contributed by atoms with van der Waals surface area (Å²) in [6, 6.07) is 12.6. The second-order valence-corrected chi connectivity index (χ2v) is 8.89. The van der Waals surface area contributed by atoms with Crippen LogP contribution in [0.1, 0.15) is 53.7 Å². The first kappa shape index (κ1) is 25.3. The minimum atomic E-state index is -0.652. The summed E-state index contributed by atoms with van der Waals surface area (Å²) in [6.07, 6.45) is 2.69. The van der Waals surface area contributed by atoms with Crippen LogP contribution in [0.3, 0.4) is 0 Å². The van der Waals surface area contributed by atoms with Crippen molar-refractivity contribution in [2.45, 2.75) is 38.5 Å². The number of hydrogen-bond donors (Lipinski definition) is 2. The van der Waals surface area contributed by atoms with Gasteiger partial charge in [0, 0.05) is 19.0 Å². The summed E-state index contributed by atoms with van der Waals surface area (Å²) in [7, 11) is 2.74. The van der Waals surface area contributed by atoms with Crippen molar-refractivity contribution in [1.29, 1.82) is 0 Å². The molecule has 0 aliphatic carbocycles. The van der Waals surface area contributed by atoms with E-state index in [0.717, 1.165) is 18.4 Å². The molecule has 1 saturated heterocycles. The van der Waals surface area contributed by atoms with Gasteiger partial charge in [-0.15, -0.1) is 0 Å². The standard InChI is InChI=1S/C28H31FN2O5/c1-4-5-11-20-22(23-21(35-2)13-12-19(29)26(23)36-3)25(32)24(27(33)30-20)28(34)31-15-14-18(16-31)17-9-7-6-8-10-17/h6-10,12-13,18H,4-5,11,14-16H2,1-3H3,(H2,30,32,33)/t18-/m0/s1. The number of aromatic hydroxyl groups is 2. The number of aryl methyl sites for hydroxylation is 1. The molecule has 1 aliphatic rings. The van der Waals surface area contributed by atoms with Gasteiger partial charge in [0.05, 0.1) is 31.0 Å². The Kier molecular flexibility index (Phi) is 7.62. The number of hydrogen-bond acceptors (Lipinski definition) is 6. The van der Waals surface area contributed by atoms with Crippen LogP contribution in [0.15, 0.2) is 42.5 Å². The molecule has 2 heterocycles. The number of benzene rings is 2. The lowest BCUT2D eigenvalue weighted by atomic mass is 9.95. The van der Waals surface area contributed by atoms with Crippen LogP contribution in [-0.2, 0) is 6.42 Å². The highest BCUT2D eigenvalue weighted by molar-refractivity contribution is 6.02. The molecular formula is C28H31FN2O5. The zero-order valence-electron chi connectivity index (χ0n) is 20.8. The molecule has 0 bridgehead atoms. The smallest absolute Gasteiger partial charge is 0.263 e. The summed E-state index contributed by atoms with van der Waals surface area (Å²) >= 11 is 0. The molecule has 0 radical (unpaired) electrons. The lowest BCUT2D eigenvalue weighted by Crippen LogP contribution is -2.29. The second-order valence-electron chi connectivity index (χ2n) is 8.89. The lowest BCUT2D eigenvalue weighted by Gasteiger charge is -2.22. The molecule has 1 amide bonds. The molecule has 7 nitrogen and oxygen atoms in total. The maximum Gasteiger partial charge on any atom is 0.263 e. The van der Waals surface area contributed by atoms with Crippen molar-refractivity contribution in [1.82, 2.24) is 9.88 Å². The van der Waals surface area contributed by atoms with Gasteiger partial charge in [0.25, 0.3) is 5.91 Å². The Morgan fingerprint density at radius 2 is 1.86 bits per heavy atom. The molecule has 1 atom stereocenters. The summed E-state index contributed by atoms with van der Waals surface area (Å²) in [5.41, 5.74) is 1.41. The second kappa shape index (κ2) is 10.8. The number of carbonyl (C=O) groups is 1. The topological polar surface area (TPSA) is 92.1 Å². The van der Waals surface area contributed by atoms with Crippen molar-refractivity contribution in [3.8, 4) is 34.3 Å². The first-order chi connectivity index (χ1) is 17.4. The van der Waals surface area contributed by atoms with Gasteiger partial charge < -0.3 is 24.6 Å². The van der Waals surface area contributed by atoms with Gasteiger partial charge in [-0.1, -0.05) is 43.7 Å². The Bertz CT molecular complexity index is 1250. The van der Waals surface area contributed by atoms with E-state index in [2.05, 4.69) is 4.98 Å². The number of ether oxygens (including phenoxy) is 2. The Morgan fingerprint density at radius 3 is 2.53 bits per heavy atom. The van der Waals surface area contributed by atoms with Gasteiger partial charge in [-0.25, -0.2) is 9.37 Å². The summed E-state index contributed by atoms with van der Waals surface area (Å²) in [6.45, 7) is 2.91. The number of carbonyl (C=O) groups excluding carboxylic acids is 1. The number of unbranched alkanes of at least 4 members (excludes halogenated alkanes) is 1. The molecule has 8 heteroatoms. The van der Waals surface area contributed by atoms with Crippen molar-refractivity contribution in [2.24, 2.45) is 0 Å². The van der Waals surface area contributed by atoms with Crippen LogP contribution < -0.4 is 9.47 Å². The molecule has 0 saturated carbocycles. The predicted molar refractivity (Wildman–Crippen MR) is 134 cm³/mol. The van der Waals surface area contributed by atoms with Gasteiger partial charge in [0.1, 0.15) is 17.1 Å². The van der Waals surface area contributed by atoms with E-state index in [1.165, 1.54) is 26.4 Å². The average Bonchev–Trinajstić information content (AvgIpc) is 3.38. The number of rotatable bonds is 8. The molecule has 1 fully saturated rings. The van der Waals surface area contributed by atoms with E-state index < -0.39 is 23.4 Å². The zero-order valence-corrected chi connectivity index (χ0v) is 20.8. The van der Waals surface area contributed by atoms with E-state index in [9.17, 15) is 19.4 Å². The van der Waals surface area contributed by atoms with E-state index >= 15 is 0 Å². The van der Waals surface area contributed by atoms with Crippen LogP contribution in [0.4, 0.5) is 4.39 Å². The molecule has 1 aliphatic heterocycles. The maximum atomic E-state index is 14.7. The number of pyridine rings is 1. The van der Waals surface area contributed by atoms with E-state index in [1.807, 2.05) is 37.3 Å². The first-order valence-electron chi connectivity index (χ1n) is 12.1. The SMILES string of the molecule is CCCCc1nc(O)c(C(=O)N2CC[C@H](c3ccccc3)C2)c(O)c1-c1c(OC)ccc(F)c1OC. The molecule has 0 spiro atoms. The number of halogens is 1. The molecule has 36 heavy (non-hydrogen) atoms. The van der Waals surface area contributed by atoms with Crippen molar-refractivity contribution in [2.75, 3.05) is 27.3 Å². The zero-order chi connectivity index (χ0) is 25.8. The fraction of sp³-hybridized carbons (Fsp3) is 0.357. The predicted octanol–water partition coefficient (Wildman–Crippen LogP) is 5.29. The van der Waals surface area contributed by atoms with Crippen LogP contribution in [0, 0.1) is 5.82 Å². The summed E-state index contributed by atoms with van der Waals surface area (Å²) in [5.74, 6) is -1.95. The highest BCUT2D eigenvalue weighted by Crippen LogP contribution is 2.48. The minimum absolute atomic E-state index is 0.122. The third-order valence-corrected chi connectivity index (χ3v) is 6.70. The van der Waals surface area contributed by atoms with Crippen LogP contribution in [0.25, 0.3) is 11.1 Å². The van der Waals surface area contributed by atoms with Gasteiger partial charge in [0.2, 0.25) is 5.88 Å². The highest BCUT2D eigenvalue weighted by atomic mass is 19.1. The Balaban J connectivity index is 1.82. The van der Waals surface area contributed by atoms with Crippen LogP contribution >= 0.6 is 0 Å². The maximum absolute atomic E-state index is 14.7. The quantitative estimate of drug-likeness (QED) is 0.442. The van der Waals surface area contributed by atoms with Crippen molar-refractivity contribution >= 4 is 5.91 Å². The number of methoxy groups -OCH3 is 2. The van der Waals surface area contributed by atoms with E-state index in [1.54, 1.807) is 4.90 Å². The first-order valence-corrected chi connectivity index (χ1v) is 12.1. The number of amides is 1. The minimum Gasteiger partial charge on any atom is -0.506 e. The monoisotopic (exact) mass is 494 g/mol. The molecule has 2 aromatic carbocycles. The molecule has 1 aromatic heterocycles. The normalized spacial score (nSPS) is 15.2. The van der Waals surface area contributed by atoms with Crippen molar-refractivity contribution in [3.63, 3.8) is 0 Å². The molecule has 0 unspecified atom stereocenters. The van der Waals surface area contributed by atoms with Crippen LogP contribution in [0.5, 0.6) is 23.1 Å². The highest BCUT2D eigenvalue weighted by Gasteiger charge is 2.34. The number of aromatic nitrogens is 1. The Labute approximate surface area is 210 Å². The van der Waals surface area contributed by atoms with E-state index in [-0.39, 0.29) is 34.1 Å². The van der Waals surface area contributed by atoms with E-state index in [4.69, 9.17) is 9.47 Å². The lowest BCUT2D eigenvalue weighted by molar-refractivity contribution is 0.0783. The number of likely N-dealkylation sites (tertiary alicyclic amines) is 1. The third kappa shape index (κ3) is 4.67. The summed E-state index contributed by atoms with van der Waals surface area (Å²) < 4.78 is 25.5. The van der Waals surface area contributed by atoms with Gasteiger partial charge >= 0.3 is 0 Å². The third-order valence-electron chi connectivity index (χ3n) is 6.70. The van der Waals surface area contributed by atoms with Gasteiger partial charge in [-0.3, -0.25) is 4.79 Å². The molecule has 4 rings (SSSR count). The Morgan fingerprint density at radius 1 is 1.11 bits per heavy atom. The van der Waals surface area contributed by atoms with Gasteiger partial charge in [-0.05, 0) is 37.0 Å². The average molecular weight is 495 g/mol. The van der Waals surface area contributed by atoms with Gasteiger partial charge in [0.15, 0.2) is 11.6 Å². The Hall–Kier alpha value is -3.81. The number of nitrogens with zero attached hydrogens (tertiary/aromatic N) is 2. The van der Waals surface area contributed by atoms with Crippen LogP contribution in [-0.4, -0.2) is 53.3 Å². The molecule has 190 valence electrons. The fourth-order valence-corrected chi connectivity index (χ4v) is 4.84. The molecular weight excluding hydrogens is 463 g/mol. The van der Waals surface area contributed by atoms with Crippen molar-refractivity contribution in [3.05, 3.63) is 65.1 Å². The molecule has 3 aromatic rings. The largest absolute Gasteiger partial charge is 0.506 e. The van der Waals surface area contributed by atoms with Crippen molar-refractivity contribution < 1.29 is 28.9 Å². The summed E-state index contributed by atoms with van der Waals surface area (Å²) in [4.78, 5) is 19.5. The summed E-state index contributed by atoms with van der Waals surface area (Å²) in [5, 5.41) is 22.3. The van der Waals surface area contributed by atoms with Crippen LogP contribution in [0.2, 0.25) is 0 Å².